The lowest BCUT2D eigenvalue weighted by molar-refractivity contribution is 0.236. The summed E-state index contributed by atoms with van der Waals surface area (Å²) in [6.45, 7) is 0. The van der Waals surface area contributed by atoms with Gasteiger partial charge in [0.1, 0.15) is 0 Å². The summed E-state index contributed by atoms with van der Waals surface area (Å²) in [5, 5.41) is 0. The van der Waals surface area contributed by atoms with Crippen molar-refractivity contribution >= 4 is 29.9 Å². The van der Waals surface area contributed by atoms with Gasteiger partial charge in [0.2, 0.25) is 0 Å². The molecule has 5 heteroatoms. The van der Waals surface area contributed by atoms with Crippen molar-refractivity contribution in [2.24, 2.45) is 0 Å². The van der Waals surface area contributed by atoms with Gasteiger partial charge >= 0.3 is 6.03 Å². The molecule has 0 aliphatic heterocycles. The van der Waals surface area contributed by atoms with Crippen molar-refractivity contribution in [1.29, 1.82) is 0 Å². The number of urea groups is 1. The first kappa shape index (κ1) is 14.8. The van der Waals surface area contributed by atoms with Gasteiger partial charge in [-0.15, -0.1) is 0 Å². The number of hydrogen-bond acceptors (Lipinski definition) is 3. The number of amides is 2. The molecule has 0 saturated heterocycles. The lowest BCUT2D eigenvalue weighted by atomic mass is 10.2. The molecule has 0 bridgehead atoms. The van der Waals surface area contributed by atoms with E-state index in [2.05, 4.69) is 16.9 Å². The maximum absolute atomic E-state index is 11.9. The van der Waals surface area contributed by atoms with Crippen LogP contribution in [0.5, 0.6) is 0 Å². The van der Waals surface area contributed by atoms with Crippen LogP contribution < -0.4 is 4.72 Å². The summed E-state index contributed by atoms with van der Waals surface area (Å²) in [6.07, 6.45) is 0. The van der Waals surface area contributed by atoms with Gasteiger partial charge in [0, 0.05) is 17.7 Å². The van der Waals surface area contributed by atoms with Gasteiger partial charge in [-0.25, -0.2) is 4.79 Å². The third-order valence-corrected chi connectivity index (χ3v) is 4.35. The summed E-state index contributed by atoms with van der Waals surface area (Å²) in [6, 6.07) is 19.8. The van der Waals surface area contributed by atoms with Gasteiger partial charge < -0.3 is 0 Å². The number of carbonyl (C=O) groups is 1. The zero-order valence-electron chi connectivity index (χ0n) is 11.2. The molecule has 0 aliphatic carbocycles. The normalized spacial score (nSPS) is 10.1. The Hall–Kier alpha value is -1.59. The van der Waals surface area contributed by atoms with E-state index in [4.69, 9.17) is 0 Å². The molecule has 1 N–H and O–H groups in total. The molecule has 0 saturated carbocycles. The predicted octanol–water partition coefficient (Wildman–Crippen LogP) is 4.18. The van der Waals surface area contributed by atoms with Crippen molar-refractivity contribution in [3.8, 4) is 0 Å². The Morgan fingerprint density at radius 1 is 1.05 bits per heavy atom. The minimum atomic E-state index is -0.111. The highest BCUT2D eigenvalue weighted by Gasteiger charge is 2.09. The van der Waals surface area contributed by atoms with Crippen LogP contribution in [-0.4, -0.2) is 17.4 Å². The van der Waals surface area contributed by atoms with Crippen LogP contribution in [0.15, 0.2) is 65.6 Å². The van der Waals surface area contributed by atoms with E-state index in [9.17, 15) is 4.79 Å². The summed E-state index contributed by atoms with van der Waals surface area (Å²) in [7, 11) is 1.77. The molecule has 0 atom stereocenters. The molecule has 0 heterocycles. The number of hydrogen-bond donors (Lipinski definition) is 1. The van der Waals surface area contributed by atoms with Crippen LogP contribution in [0, 0.1) is 0 Å². The molecule has 2 aromatic carbocycles. The second-order valence-electron chi connectivity index (χ2n) is 4.08. The quantitative estimate of drug-likeness (QED) is 0.841. The van der Waals surface area contributed by atoms with E-state index in [-0.39, 0.29) is 6.03 Å². The van der Waals surface area contributed by atoms with Crippen LogP contribution in [0.25, 0.3) is 0 Å². The molecule has 0 fully saturated rings. The minimum Gasteiger partial charge on any atom is -0.277 e. The van der Waals surface area contributed by atoms with E-state index in [0.29, 0.717) is 0 Å². The predicted molar refractivity (Wildman–Crippen MR) is 86.3 cm³/mol. The van der Waals surface area contributed by atoms with E-state index in [1.807, 2.05) is 48.5 Å². The highest BCUT2D eigenvalue weighted by Crippen LogP contribution is 2.18. The number of rotatable bonds is 5. The molecule has 3 nitrogen and oxygen atoms in total. The molecule has 2 amide bonds. The fourth-order valence-corrected chi connectivity index (χ4v) is 2.85. The second-order valence-corrected chi connectivity index (χ2v) is 6.05. The monoisotopic (exact) mass is 304 g/mol. The Kier molecular flexibility index (Phi) is 5.83. The molecule has 0 aliphatic rings. The van der Waals surface area contributed by atoms with Gasteiger partial charge in [0.25, 0.3) is 0 Å². The van der Waals surface area contributed by atoms with Gasteiger partial charge in [-0.05, 0) is 41.6 Å². The molecule has 2 aromatic rings. The maximum Gasteiger partial charge on any atom is 0.337 e. The Morgan fingerprint density at radius 2 is 1.65 bits per heavy atom. The summed E-state index contributed by atoms with van der Waals surface area (Å²) in [5.41, 5.74) is 1.20. The largest absolute Gasteiger partial charge is 0.337 e. The van der Waals surface area contributed by atoms with E-state index in [1.54, 1.807) is 11.4 Å². The highest BCUT2D eigenvalue weighted by molar-refractivity contribution is 7.98. The third kappa shape index (κ3) is 4.83. The van der Waals surface area contributed by atoms with Crippen molar-refractivity contribution in [1.82, 2.24) is 9.03 Å². The Bertz CT molecular complexity index is 534. The average Bonchev–Trinajstić information content (AvgIpc) is 2.52. The van der Waals surface area contributed by atoms with Gasteiger partial charge in [-0.3, -0.25) is 9.03 Å². The molecule has 20 heavy (non-hydrogen) atoms. The number of benzene rings is 2. The van der Waals surface area contributed by atoms with Crippen LogP contribution in [0.1, 0.15) is 5.56 Å². The van der Waals surface area contributed by atoms with Gasteiger partial charge in [-0.2, -0.15) is 0 Å². The first-order valence-corrected chi connectivity index (χ1v) is 7.94. The fourth-order valence-electron chi connectivity index (χ4n) is 1.46. The first-order valence-electron chi connectivity index (χ1n) is 6.18. The topological polar surface area (TPSA) is 32.3 Å². The van der Waals surface area contributed by atoms with Gasteiger partial charge in [0.15, 0.2) is 0 Å². The summed E-state index contributed by atoms with van der Waals surface area (Å²) in [5.74, 6) is 0.779. The SMILES string of the molecule is CN(SCc1ccccc1)C(=O)NSc1ccccc1. The fraction of sp³-hybridized carbons (Fsp3) is 0.133. The molecule has 0 aromatic heterocycles. The van der Waals surface area contributed by atoms with E-state index < -0.39 is 0 Å². The number of nitrogens with zero attached hydrogens (tertiary/aromatic N) is 1. The second kappa shape index (κ2) is 7.87. The lowest BCUT2D eigenvalue weighted by Gasteiger charge is -2.16. The molecular formula is C15H16N2OS2. The van der Waals surface area contributed by atoms with E-state index >= 15 is 0 Å². The van der Waals surface area contributed by atoms with Crippen molar-refractivity contribution in [3.63, 3.8) is 0 Å². The number of carbonyl (C=O) groups excluding carboxylic acids is 1. The lowest BCUT2D eigenvalue weighted by Crippen LogP contribution is -2.28. The van der Waals surface area contributed by atoms with Crippen molar-refractivity contribution in [3.05, 3.63) is 66.2 Å². The third-order valence-electron chi connectivity index (χ3n) is 2.55. The van der Waals surface area contributed by atoms with Crippen LogP contribution >= 0.6 is 23.9 Å². The van der Waals surface area contributed by atoms with E-state index in [1.165, 1.54) is 29.5 Å². The van der Waals surface area contributed by atoms with Gasteiger partial charge in [0.05, 0.1) is 0 Å². The van der Waals surface area contributed by atoms with Crippen molar-refractivity contribution in [2.45, 2.75) is 10.6 Å². The smallest absolute Gasteiger partial charge is 0.277 e. The molecule has 0 spiro atoms. The minimum absolute atomic E-state index is 0.111. The zero-order valence-corrected chi connectivity index (χ0v) is 12.8. The molecule has 0 radical (unpaired) electrons. The van der Waals surface area contributed by atoms with Crippen LogP contribution in [0.2, 0.25) is 0 Å². The summed E-state index contributed by atoms with van der Waals surface area (Å²) in [4.78, 5) is 12.9. The highest BCUT2D eigenvalue weighted by atomic mass is 32.2. The van der Waals surface area contributed by atoms with Crippen molar-refractivity contribution < 1.29 is 4.79 Å². The van der Waals surface area contributed by atoms with Crippen molar-refractivity contribution in [2.75, 3.05) is 7.05 Å². The maximum atomic E-state index is 11.9. The Labute approximate surface area is 128 Å². The van der Waals surface area contributed by atoms with Crippen LogP contribution in [0.4, 0.5) is 4.79 Å². The standard InChI is InChI=1S/C15H16N2OS2/c1-17(19-12-13-8-4-2-5-9-13)15(18)16-20-14-10-6-3-7-11-14/h2-11H,12H2,1H3,(H,16,18). The molecule has 0 unspecified atom stereocenters. The molecular weight excluding hydrogens is 288 g/mol. The van der Waals surface area contributed by atoms with Crippen LogP contribution in [0.3, 0.4) is 0 Å². The summed E-state index contributed by atoms with van der Waals surface area (Å²) >= 11 is 2.80. The first-order chi connectivity index (χ1) is 9.75. The van der Waals surface area contributed by atoms with Crippen LogP contribution in [-0.2, 0) is 5.75 Å². The summed E-state index contributed by atoms with van der Waals surface area (Å²) < 4.78 is 4.43. The Morgan fingerprint density at radius 3 is 2.30 bits per heavy atom. The molecule has 2 rings (SSSR count). The van der Waals surface area contributed by atoms with E-state index in [0.717, 1.165) is 10.6 Å². The molecule has 104 valence electrons. The zero-order chi connectivity index (χ0) is 14.2. The number of nitrogens with one attached hydrogen (secondary N) is 1. The average molecular weight is 304 g/mol. The van der Waals surface area contributed by atoms with Gasteiger partial charge in [-0.1, -0.05) is 48.5 Å². The Balaban J connectivity index is 1.75.